The van der Waals surface area contributed by atoms with Gasteiger partial charge in [-0.1, -0.05) is 25.1 Å². The molecule has 32 heavy (non-hydrogen) atoms. The van der Waals surface area contributed by atoms with E-state index in [2.05, 4.69) is 16.9 Å². The Hall–Kier alpha value is -2.74. The number of likely N-dealkylation sites (tertiary alicyclic amines) is 1. The first kappa shape index (κ1) is 22.5. The summed E-state index contributed by atoms with van der Waals surface area (Å²) >= 11 is 0. The number of nitrogens with zero attached hydrogens (tertiary/aromatic N) is 5. The molecule has 2 fully saturated rings. The highest BCUT2D eigenvalue weighted by Gasteiger charge is 2.29. The van der Waals surface area contributed by atoms with Crippen molar-refractivity contribution in [1.82, 2.24) is 24.5 Å². The van der Waals surface area contributed by atoms with Gasteiger partial charge in [0.25, 0.3) is 11.5 Å². The number of carbonyl (C=O) groups excluding carboxylic acids is 2. The van der Waals surface area contributed by atoms with E-state index >= 15 is 0 Å². The van der Waals surface area contributed by atoms with E-state index in [0.717, 1.165) is 25.8 Å². The maximum atomic E-state index is 13.4. The lowest BCUT2D eigenvalue weighted by Gasteiger charge is -2.38. The molecular formula is C24H33N5O3. The average Bonchev–Trinajstić information content (AvgIpc) is 2.81. The zero-order valence-electron chi connectivity index (χ0n) is 19.1. The smallest absolute Gasteiger partial charge is 0.275 e. The first-order valence-electron chi connectivity index (χ1n) is 11.8. The summed E-state index contributed by atoms with van der Waals surface area (Å²) in [5, 5.41) is 5.57. The van der Waals surface area contributed by atoms with Crippen LogP contribution in [0, 0.1) is 0 Å². The number of amides is 2. The summed E-state index contributed by atoms with van der Waals surface area (Å²) in [5.41, 5.74) is 0.176. The van der Waals surface area contributed by atoms with Gasteiger partial charge in [0.05, 0.1) is 11.9 Å². The second-order valence-corrected chi connectivity index (χ2v) is 8.92. The van der Waals surface area contributed by atoms with E-state index in [4.69, 9.17) is 0 Å². The zero-order valence-corrected chi connectivity index (χ0v) is 19.1. The molecule has 2 aliphatic heterocycles. The molecule has 172 valence electrons. The summed E-state index contributed by atoms with van der Waals surface area (Å²) in [7, 11) is 0. The molecule has 8 heteroatoms. The Kier molecular flexibility index (Phi) is 6.89. The van der Waals surface area contributed by atoms with Crippen LogP contribution in [0.5, 0.6) is 0 Å². The number of aromatic nitrogens is 2. The van der Waals surface area contributed by atoms with Gasteiger partial charge in [-0.3, -0.25) is 19.3 Å². The predicted molar refractivity (Wildman–Crippen MR) is 124 cm³/mol. The molecule has 1 aromatic carbocycles. The van der Waals surface area contributed by atoms with Gasteiger partial charge in [-0.2, -0.15) is 5.10 Å². The molecule has 2 aliphatic rings. The van der Waals surface area contributed by atoms with Crippen LogP contribution in [0.2, 0.25) is 0 Å². The molecule has 0 saturated carbocycles. The normalized spacial score (nSPS) is 20.0. The van der Waals surface area contributed by atoms with Crippen molar-refractivity contribution >= 4 is 22.6 Å². The molecule has 0 bridgehead atoms. The summed E-state index contributed by atoms with van der Waals surface area (Å²) in [6.45, 7) is 8.26. The van der Waals surface area contributed by atoms with E-state index in [9.17, 15) is 14.4 Å². The molecule has 0 aliphatic carbocycles. The molecule has 1 unspecified atom stereocenters. The van der Waals surface area contributed by atoms with Crippen molar-refractivity contribution in [2.24, 2.45) is 0 Å². The summed E-state index contributed by atoms with van der Waals surface area (Å²) < 4.78 is 1.41. The van der Waals surface area contributed by atoms with Crippen LogP contribution >= 0.6 is 0 Å². The van der Waals surface area contributed by atoms with Crippen LogP contribution in [-0.4, -0.2) is 81.6 Å². The van der Waals surface area contributed by atoms with Crippen molar-refractivity contribution in [3.8, 4) is 0 Å². The SMILES string of the molecule is CCCn1nc(C(=O)N2CCN(CC(=O)N3CCCCC3C)CC2)c2ccccc2c1=O. The zero-order chi connectivity index (χ0) is 22.7. The fourth-order valence-corrected chi connectivity index (χ4v) is 4.77. The van der Waals surface area contributed by atoms with Crippen molar-refractivity contribution in [1.29, 1.82) is 0 Å². The van der Waals surface area contributed by atoms with Gasteiger partial charge in [0.15, 0.2) is 5.69 Å². The molecule has 1 atom stereocenters. The fourth-order valence-electron chi connectivity index (χ4n) is 4.77. The molecule has 1 aromatic heterocycles. The molecular weight excluding hydrogens is 406 g/mol. The highest BCUT2D eigenvalue weighted by molar-refractivity contribution is 6.04. The quantitative estimate of drug-likeness (QED) is 0.712. The number of piperidine rings is 1. The Bertz CT molecular complexity index is 1040. The van der Waals surface area contributed by atoms with Crippen LogP contribution in [0.15, 0.2) is 29.1 Å². The fraction of sp³-hybridized carbons (Fsp3) is 0.583. The maximum Gasteiger partial charge on any atom is 0.275 e. The van der Waals surface area contributed by atoms with E-state index in [0.29, 0.717) is 61.8 Å². The highest BCUT2D eigenvalue weighted by Crippen LogP contribution is 2.18. The number of carbonyl (C=O) groups is 2. The van der Waals surface area contributed by atoms with Gasteiger partial charge in [0.2, 0.25) is 5.91 Å². The Morgan fingerprint density at radius 2 is 1.75 bits per heavy atom. The Morgan fingerprint density at radius 1 is 1.03 bits per heavy atom. The van der Waals surface area contributed by atoms with Gasteiger partial charge in [-0.25, -0.2) is 4.68 Å². The third kappa shape index (κ3) is 4.55. The largest absolute Gasteiger partial charge is 0.339 e. The second kappa shape index (κ2) is 9.81. The van der Waals surface area contributed by atoms with E-state index in [-0.39, 0.29) is 17.4 Å². The lowest BCUT2D eigenvalue weighted by atomic mass is 10.0. The first-order valence-corrected chi connectivity index (χ1v) is 11.8. The summed E-state index contributed by atoms with van der Waals surface area (Å²) in [6, 6.07) is 7.51. The van der Waals surface area contributed by atoms with E-state index in [1.165, 1.54) is 11.1 Å². The van der Waals surface area contributed by atoms with Gasteiger partial charge in [-0.05, 0) is 38.7 Å². The van der Waals surface area contributed by atoms with E-state index in [1.807, 2.05) is 24.0 Å². The van der Waals surface area contributed by atoms with Gasteiger partial charge >= 0.3 is 0 Å². The van der Waals surface area contributed by atoms with Crippen LogP contribution in [0.4, 0.5) is 0 Å². The minimum absolute atomic E-state index is 0.151. The Balaban J connectivity index is 1.45. The molecule has 2 amide bonds. The van der Waals surface area contributed by atoms with Crippen LogP contribution in [-0.2, 0) is 11.3 Å². The molecule has 4 rings (SSSR count). The highest BCUT2D eigenvalue weighted by atomic mass is 16.2. The number of hydrogen-bond donors (Lipinski definition) is 0. The van der Waals surface area contributed by atoms with Crippen molar-refractivity contribution < 1.29 is 9.59 Å². The third-order valence-electron chi connectivity index (χ3n) is 6.65. The summed E-state index contributed by atoms with van der Waals surface area (Å²) in [4.78, 5) is 44.7. The lowest BCUT2D eigenvalue weighted by molar-refractivity contribution is -0.136. The van der Waals surface area contributed by atoms with Gasteiger partial charge < -0.3 is 9.80 Å². The molecule has 0 N–H and O–H groups in total. The minimum atomic E-state index is -0.158. The number of fused-ring (bicyclic) bond motifs is 1. The molecule has 3 heterocycles. The number of benzene rings is 1. The molecule has 0 spiro atoms. The third-order valence-corrected chi connectivity index (χ3v) is 6.65. The van der Waals surface area contributed by atoms with E-state index < -0.39 is 0 Å². The van der Waals surface area contributed by atoms with Crippen molar-refractivity contribution in [3.05, 3.63) is 40.3 Å². The maximum absolute atomic E-state index is 13.4. The van der Waals surface area contributed by atoms with Crippen molar-refractivity contribution in [2.75, 3.05) is 39.3 Å². The van der Waals surface area contributed by atoms with Crippen LogP contribution in [0.3, 0.4) is 0 Å². The van der Waals surface area contributed by atoms with Crippen LogP contribution in [0.25, 0.3) is 10.8 Å². The van der Waals surface area contributed by atoms with Crippen molar-refractivity contribution in [3.63, 3.8) is 0 Å². The molecule has 0 radical (unpaired) electrons. The second-order valence-electron chi connectivity index (χ2n) is 8.92. The number of aryl methyl sites for hydroxylation is 1. The van der Waals surface area contributed by atoms with Gasteiger partial charge in [0, 0.05) is 50.7 Å². The molecule has 2 saturated heterocycles. The van der Waals surface area contributed by atoms with Gasteiger partial charge in [-0.15, -0.1) is 0 Å². The minimum Gasteiger partial charge on any atom is -0.339 e. The first-order chi connectivity index (χ1) is 15.5. The Morgan fingerprint density at radius 3 is 2.44 bits per heavy atom. The van der Waals surface area contributed by atoms with Crippen molar-refractivity contribution in [2.45, 2.75) is 52.1 Å². The van der Waals surface area contributed by atoms with E-state index in [1.54, 1.807) is 17.0 Å². The topological polar surface area (TPSA) is 78.8 Å². The standard InChI is InChI=1S/C24H33N5O3/c1-3-11-29-23(31)20-10-5-4-9-19(20)22(25-29)24(32)27-15-13-26(14-16-27)17-21(30)28-12-7-6-8-18(28)2/h4-5,9-10,18H,3,6-8,11-17H2,1-2H3. The molecule has 2 aromatic rings. The summed E-state index contributed by atoms with van der Waals surface area (Å²) in [6.07, 6.45) is 4.12. The lowest BCUT2D eigenvalue weighted by Crippen LogP contribution is -2.53. The van der Waals surface area contributed by atoms with Crippen LogP contribution in [0.1, 0.15) is 50.0 Å². The van der Waals surface area contributed by atoms with Gasteiger partial charge in [0.1, 0.15) is 0 Å². The monoisotopic (exact) mass is 439 g/mol. The molecule has 8 nitrogen and oxygen atoms in total. The number of piperazine rings is 1. The summed E-state index contributed by atoms with van der Waals surface area (Å²) in [5.74, 6) is 0.0398. The number of hydrogen-bond acceptors (Lipinski definition) is 5. The van der Waals surface area contributed by atoms with Crippen LogP contribution < -0.4 is 5.56 Å². The number of rotatable bonds is 5. The average molecular weight is 440 g/mol. The predicted octanol–water partition coefficient (Wildman–Crippen LogP) is 1.97. The Labute approximate surface area is 188 Å².